The van der Waals surface area contributed by atoms with Gasteiger partial charge in [0.1, 0.15) is 11.6 Å². The second kappa shape index (κ2) is 9.12. The number of benzene rings is 2. The monoisotopic (exact) mass is 420 g/mol. The van der Waals surface area contributed by atoms with Gasteiger partial charge in [0.25, 0.3) is 5.56 Å². The van der Waals surface area contributed by atoms with Crippen LogP contribution in [0.25, 0.3) is 5.69 Å². The lowest BCUT2D eigenvalue weighted by molar-refractivity contribution is -0.125. The summed E-state index contributed by atoms with van der Waals surface area (Å²) in [5.74, 6) is 0.00656. The number of hydrogen-bond acceptors (Lipinski definition) is 4. The van der Waals surface area contributed by atoms with Crippen LogP contribution >= 0.6 is 0 Å². The summed E-state index contributed by atoms with van der Waals surface area (Å²) in [4.78, 5) is 27.2. The van der Waals surface area contributed by atoms with Crippen molar-refractivity contribution in [1.29, 1.82) is 0 Å². The molecule has 6 nitrogen and oxygen atoms in total. The average Bonchev–Trinajstić information content (AvgIpc) is 2.80. The number of nitrogens with zero attached hydrogens (tertiary/aromatic N) is 3. The number of amides is 1. The highest BCUT2D eigenvalue weighted by Crippen LogP contribution is 2.23. The van der Waals surface area contributed by atoms with Crippen LogP contribution in [0, 0.1) is 11.7 Å². The van der Waals surface area contributed by atoms with Crippen LogP contribution in [-0.2, 0) is 4.79 Å². The number of piperidine rings is 1. The second-order valence-corrected chi connectivity index (χ2v) is 7.85. The predicted molar refractivity (Wildman–Crippen MR) is 118 cm³/mol. The van der Waals surface area contributed by atoms with E-state index in [0.717, 1.165) is 24.9 Å². The van der Waals surface area contributed by atoms with Crippen molar-refractivity contribution in [1.82, 2.24) is 15.1 Å². The Labute approximate surface area is 180 Å². The summed E-state index contributed by atoms with van der Waals surface area (Å²) in [5.41, 5.74) is 1.10. The van der Waals surface area contributed by atoms with E-state index in [9.17, 15) is 14.0 Å². The lowest BCUT2D eigenvalue weighted by Gasteiger charge is -2.33. The number of anilines is 1. The molecule has 4 rings (SSSR count). The third kappa shape index (κ3) is 4.82. The SMILES string of the molecule is C[C@@H](NC(=O)[C@H]1CCCN(c2ccc(=O)n(-c3cccc(F)c3)n2)C1)c1ccccc1. The number of halogens is 1. The largest absolute Gasteiger partial charge is 0.354 e. The van der Waals surface area contributed by atoms with E-state index in [-0.39, 0.29) is 23.4 Å². The predicted octanol–water partition coefficient (Wildman–Crippen LogP) is 3.47. The lowest BCUT2D eigenvalue weighted by Crippen LogP contribution is -2.44. The smallest absolute Gasteiger partial charge is 0.271 e. The van der Waals surface area contributed by atoms with Gasteiger partial charge in [-0.25, -0.2) is 4.39 Å². The molecule has 1 amide bonds. The first-order valence-corrected chi connectivity index (χ1v) is 10.5. The first kappa shape index (κ1) is 20.8. The van der Waals surface area contributed by atoms with Gasteiger partial charge in [-0.2, -0.15) is 4.68 Å². The molecule has 3 aromatic rings. The fraction of sp³-hybridized carbons (Fsp3) is 0.292. The molecule has 1 fully saturated rings. The van der Waals surface area contributed by atoms with E-state index < -0.39 is 5.82 Å². The molecule has 1 aliphatic rings. The normalized spacial score (nSPS) is 17.2. The van der Waals surface area contributed by atoms with Gasteiger partial charge in [-0.1, -0.05) is 36.4 Å². The fourth-order valence-corrected chi connectivity index (χ4v) is 3.92. The number of carbonyl (C=O) groups is 1. The highest BCUT2D eigenvalue weighted by Gasteiger charge is 2.28. The summed E-state index contributed by atoms with van der Waals surface area (Å²) in [6.45, 7) is 3.23. The summed E-state index contributed by atoms with van der Waals surface area (Å²) in [6, 6.07) is 18.6. The van der Waals surface area contributed by atoms with Gasteiger partial charge in [0.05, 0.1) is 17.6 Å². The molecule has 0 aliphatic carbocycles. The number of carbonyl (C=O) groups excluding carboxylic acids is 1. The van der Waals surface area contributed by atoms with Gasteiger partial charge < -0.3 is 10.2 Å². The van der Waals surface area contributed by atoms with Gasteiger partial charge in [-0.3, -0.25) is 9.59 Å². The third-order valence-electron chi connectivity index (χ3n) is 5.61. The molecule has 1 aromatic heterocycles. The fourth-order valence-electron chi connectivity index (χ4n) is 3.92. The molecule has 160 valence electrons. The van der Waals surface area contributed by atoms with Crippen LogP contribution in [0.1, 0.15) is 31.4 Å². The second-order valence-electron chi connectivity index (χ2n) is 7.85. The molecule has 0 saturated carbocycles. The quantitative estimate of drug-likeness (QED) is 0.686. The Bertz CT molecular complexity index is 1120. The average molecular weight is 420 g/mol. The minimum atomic E-state index is -0.432. The third-order valence-corrected chi connectivity index (χ3v) is 5.61. The van der Waals surface area contributed by atoms with Crippen molar-refractivity contribution in [3.05, 3.63) is 88.5 Å². The van der Waals surface area contributed by atoms with Crippen molar-refractivity contribution in [2.45, 2.75) is 25.8 Å². The minimum Gasteiger partial charge on any atom is -0.354 e. The van der Waals surface area contributed by atoms with E-state index in [1.54, 1.807) is 18.2 Å². The Morgan fingerprint density at radius 2 is 1.94 bits per heavy atom. The zero-order chi connectivity index (χ0) is 21.8. The maximum absolute atomic E-state index is 13.6. The summed E-state index contributed by atoms with van der Waals surface area (Å²) in [6.07, 6.45) is 1.64. The number of rotatable bonds is 5. The maximum Gasteiger partial charge on any atom is 0.271 e. The Kier molecular flexibility index (Phi) is 6.11. The Hall–Kier alpha value is -3.48. The van der Waals surface area contributed by atoms with E-state index in [0.29, 0.717) is 18.1 Å². The van der Waals surface area contributed by atoms with Crippen molar-refractivity contribution in [2.75, 3.05) is 18.0 Å². The van der Waals surface area contributed by atoms with Crippen molar-refractivity contribution in [2.24, 2.45) is 5.92 Å². The van der Waals surface area contributed by atoms with Gasteiger partial charge in [0, 0.05) is 19.2 Å². The highest BCUT2D eigenvalue weighted by molar-refractivity contribution is 5.80. The standard InChI is InChI=1S/C24H25FN4O2/c1-17(18-7-3-2-4-8-18)26-24(31)19-9-6-14-28(16-19)22-12-13-23(30)29(27-22)21-11-5-10-20(25)15-21/h2-5,7-8,10-13,15,17,19H,6,9,14,16H2,1H3,(H,26,31)/t17-,19+/m1/s1. The molecular formula is C24H25FN4O2. The summed E-state index contributed by atoms with van der Waals surface area (Å²) in [5, 5.41) is 7.55. The molecule has 0 bridgehead atoms. The van der Waals surface area contributed by atoms with E-state index in [1.807, 2.05) is 42.2 Å². The Balaban J connectivity index is 1.49. The van der Waals surface area contributed by atoms with Gasteiger partial charge in [0.15, 0.2) is 0 Å². The van der Waals surface area contributed by atoms with Crippen LogP contribution < -0.4 is 15.8 Å². The molecular weight excluding hydrogens is 395 g/mol. The molecule has 2 atom stereocenters. The molecule has 0 spiro atoms. The summed E-state index contributed by atoms with van der Waals surface area (Å²) < 4.78 is 14.8. The molecule has 31 heavy (non-hydrogen) atoms. The van der Waals surface area contributed by atoms with E-state index in [4.69, 9.17) is 0 Å². The van der Waals surface area contributed by atoms with Gasteiger partial charge >= 0.3 is 0 Å². The molecule has 1 aliphatic heterocycles. The Morgan fingerprint density at radius 3 is 2.71 bits per heavy atom. The first-order valence-electron chi connectivity index (χ1n) is 10.5. The van der Waals surface area contributed by atoms with Gasteiger partial charge in [-0.15, -0.1) is 5.10 Å². The maximum atomic E-state index is 13.6. The van der Waals surface area contributed by atoms with E-state index >= 15 is 0 Å². The zero-order valence-electron chi connectivity index (χ0n) is 17.4. The van der Waals surface area contributed by atoms with Gasteiger partial charge in [-0.05, 0) is 49.6 Å². The molecule has 1 saturated heterocycles. The Morgan fingerprint density at radius 1 is 1.13 bits per heavy atom. The van der Waals surface area contributed by atoms with E-state index in [1.165, 1.54) is 22.9 Å². The number of aromatic nitrogens is 2. The number of nitrogens with one attached hydrogen (secondary N) is 1. The minimum absolute atomic E-state index is 0.0134. The van der Waals surface area contributed by atoms with Crippen molar-refractivity contribution in [3.8, 4) is 5.69 Å². The summed E-state index contributed by atoms with van der Waals surface area (Å²) >= 11 is 0. The highest BCUT2D eigenvalue weighted by atomic mass is 19.1. The van der Waals surface area contributed by atoms with Gasteiger partial charge in [0.2, 0.25) is 5.91 Å². The molecule has 2 heterocycles. The lowest BCUT2D eigenvalue weighted by atomic mass is 9.96. The van der Waals surface area contributed by atoms with Crippen LogP contribution in [0.2, 0.25) is 0 Å². The zero-order valence-corrected chi connectivity index (χ0v) is 17.4. The number of hydrogen-bond donors (Lipinski definition) is 1. The van der Waals surface area contributed by atoms with Crippen LogP contribution in [0.3, 0.4) is 0 Å². The first-order chi connectivity index (χ1) is 15.0. The molecule has 0 unspecified atom stereocenters. The molecule has 7 heteroatoms. The molecule has 1 N–H and O–H groups in total. The van der Waals surface area contributed by atoms with Crippen LogP contribution in [0.5, 0.6) is 0 Å². The molecule has 2 aromatic carbocycles. The van der Waals surface area contributed by atoms with Crippen LogP contribution in [-0.4, -0.2) is 28.8 Å². The van der Waals surface area contributed by atoms with Crippen molar-refractivity contribution in [3.63, 3.8) is 0 Å². The van der Waals surface area contributed by atoms with Crippen LogP contribution in [0.4, 0.5) is 10.2 Å². The topological polar surface area (TPSA) is 67.2 Å². The molecule has 0 radical (unpaired) electrons. The van der Waals surface area contributed by atoms with Crippen molar-refractivity contribution >= 4 is 11.7 Å². The van der Waals surface area contributed by atoms with Crippen molar-refractivity contribution < 1.29 is 9.18 Å². The van der Waals surface area contributed by atoms with E-state index in [2.05, 4.69) is 10.4 Å². The summed E-state index contributed by atoms with van der Waals surface area (Å²) in [7, 11) is 0. The van der Waals surface area contributed by atoms with Crippen LogP contribution in [0.15, 0.2) is 71.5 Å².